The van der Waals surface area contributed by atoms with Crippen LogP contribution in [0.4, 0.5) is 0 Å². The van der Waals surface area contributed by atoms with E-state index in [2.05, 4.69) is 0 Å². The third kappa shape index (κ3) is 2.49. The molecule has 1 aliphatic rings. The van der Waals surface area contributed by atoms with Gasteiger partial charge in [0.1, 0.15) is 12.2 Å². The summed E-state index contributed by atoms with van der Waals surface area (Å²) < 4.78 is 5.03. The molecule has 0 spiro atoms. The van der Waals surface area contributed by atoms with Crippen molar-refractivity contribution in [3.05, 3.63) is 0 Å². The van der Waals surface area contributed by atoms with Crippen LogP contribution in [0.25, 0.3) is 0 Å². The van der Waals surface area contributed by atoms with Crippen molar-refractivity contribution in [2.45, 2.75) is 37.8 Å². The molecule has 92 valence electrons. The molecule has 4 atom stereocenters. The summed E-state index contributed by atoms with van der Waals surface area (Å²) in [6.45, 7) is 1.49. The summed E-state index contributed by atoms with van der Waals surface area (Å²) in [5.41, 5.74) is 0. The van der Waals surface area contributed by atoms with Gasteiger partial charge in [0.05, 0.1) is 24.1 Å². The maximum absolute atomic E-state index is 10.5. The third-order valence-electron chi connectivity index (χ3n) is 2.64. The molecule has 0 aromatic rings. The van der Waals surface area contributed by atoms with Gasteiger partial charge in [-0.3, -0.25) is 0 Å². The summed E-state index contributed by atoms with van der Waals surface area (Å²) in [4.78, 5) is 20.9. The zero-order valence-corrected chi connectivity index (χ0v) is 8.53. The molecule has 7 nitrogen and oxygen atoms in total. The quantitative estimate of drug-likeness (QED) is 0.472. The Hall–Kier alpha value is -1.18. The molecule has 0 aliphatic carbocycles. The van der Waals surface area contributed by atoms with Gasteiger partial charge in [-0.2, -0.15) is 0 Å². The van der Waals surface area contributed by atoms with Gasteiger partial charge in [0.15, 0.2) is 0 Å². The highest BCUT2D eigenvalue weighted by Crippen LogP contribution is 2.25. The Bertz CT molecular complexity index is 276. The van der Waals surface area contributed by atoms with Crippen LogP contribution in [-0.4, -0.2) is 46.6 Å². The smallest absolute Gasteiger partial charge is 0.109 e. The van der Waals surface area contributed by atoms with Crippen LogP contribution in [0.15, 0.2) is 0 Å². The molecule has 0 bridgehead atoms. The molecule has 2 N–H and O–H groups in total. The number of carbonyl (C=O) groups excluding carboxylic acids is 2. The summed E-state index contributed by atoms with van der Waals surface area (Å²) in [5, 5.41) is 39.7. The lowest BCUT2D eigenvalue weighted by Crippen LogP contribution is -2.46. The maximum atomic E-state index is 10.5. The number of hydrogen-bond donors (Lipinski definition) is 2. The molecule has 1 unspecified atom stereocenters. The van der Waals surface area contributed by atoms with Gasteiger partial charge in [-0.15, -0.1) is 0 Å². The van der Waals surface area contributed by atoms with Crippen LogP contribution in [0.2, 0.25) is 0 Å². The second-order valence-corrected chi connectivity index (χ2v) is 3.79. The van der Waals surface area contributed by atoms with Crippen LogP contribution in [0.3, 0.4) is 0 Å². The van der Waals surface area contributed by atoms with Crippen molar-refractivity contribution in [3.8, 4) is 0 Å². The highest BCUT2D eigenvalue weighted by molar-refractivity contribution is 5.90. The molecule has 0 radical (unpaired) electrons. The average Bonchev–Trinajstić information content (AvgIpc) is 2.41. The summed E-state index contributed by atoms with van der Waals surface area (Å²) in [6.07, 6.45) is -4.69. The van der Waals surface area contributed by atoms with Crippen molar-refractivity contribution in [2.75, 3.05) is 0 Å². The van der Waals surface area contributed by atoms with Crippen LogP contribution in [-0.2, 0) is 14.3 Å². The fourth-order valence-electron chi connectivity index (χ4n) is 1.65. The van der Waals surface area contributed by atoms with Crippen LogP contribution in [0.1, 0.15) is 13.3 Å². The Morgan fingerprint density at radius 1 is 1.25 bits per heavy atom. The topological polar surface area (TPSA) is 130 Å². The highest BCUT2D eigenvalue weighted by atomic mass is 16.5. The number of carboxylic acid groups (broad SMARTS) is 2. The molecule has 1 fully saturated rings. The average molecular weight is 232 g/mol. The molecule has 0 amide bonds. The van der Waals surface area contributed by atoms with E-state index in [1.807, 2.05) is 0 Å². The molecule has 16 heavy (non-hydrogen) atoms. The van der Waals surface area contributed by atoms with E-state index >= 15 is 0 Å². The normalized spacial score (nSPS) is 34.2. The number of aliphatic hydroxyl groups excluding tert-OH is 2. The van der Waals surface area contributed by atoms with Gasteiger partial charge in [-0.05, 0) is 13.3 Å². The van der Waals surface area contributed by atoms with Crippen LogP contribution < -0.4 is 10.2 Å². The van der Waals surface area contributed by atoms with Crippen LogP contribution in [0.5, 0.6) is 0 Å². The Kier molecular flexibility index (Phi) is 3.84. The number of rotatable bonds is 4. The Balaban J connectivity index is 2.66. The molecule has 0 saturated carbocycles. The molecular weight excluding hydrogens is 220 g/mol. The van der Waals surface area contributed by atoms with E-state index < -0.39 is 48.7 Å². The minimum absolute atomic E-state index is 0.493. The minimum Gasteiger partial charge on any atom is -0.549 e. The van der Waals surface area contributed by atoms with Crippen molar-refractivity contribution in [3.63, 3.8) is 0 Å². The fourth-order valence-corrected chi connectivity index (χ4v) is 1.65. The summed E-state index contributed by atoms with van der Waals surface area (Å²) in [7, 11) is 0. The Morgan fingerprint density at radius 3 is 2.06 bits per heavy atom. The zero-order valence-electron chi connectivity index (χ0n) is 8.53. The first-order chi connectivity index (χ1) is 7.34. The zero-order chi connectivity index (χ0) is 12.5. The molecule has 1 heterocycles. The van der Waals surface area contributed by atoms with Gasteiger partial charge in [-0.1, -0.05) is 0 Å². The molecule has 7 heteroatoms. The summed E-state index contributed by atoms with van der Waals surface area (Å²) in [6, 6.07) is 0. The summed E-state index contributed by atoms with van der Waals surface area (Å²) >= 11 is 0. The van der Waals surface area contributed by atoms with E-state index in [0.717, 1.165) is 0 Å². The minimum atomic E-state index is -1.86. The van der Waals surface area contributed by atoms with Gasteiger partial charge in [0.25, 0.3) is 0 Å². The van der Waals surface area contributed by atoms with Crippen molar-refractivity contribution < 1.29 is 34.8 Å². The van der Waals surface area contributed by atoms with E-state index in [1.54, 1.807) is 0 Å². The Morgan fingerprint density at radius 2 is 1.75 bits per heavy atom. The van der Waals surface area contributed by atoms with Gasteiger partial charge < -0.3 is 34.8 Å². The number of aliphatic carboxylic acids is 2. The first-order valence-corrected chi connectivity index (χ1v) is 4.78. The number of aliphatic hydroxyl groups is 2. The molecule has 0 aromatic carbocycles. The lowest BCUT2D eigenvalue weighted by Gasteiger charge is -2.23. The van der Waals surface area contributed by atoms with E-state index in [9.17, 15) is 30.0 Å². The van der Waals surface area contributed by atoms with E-state index in [0.29, 0.717) is 0 Å². The second-order valence-electron chi connectivity index (χ2n) is 3.79. The monoisotopic (exact) mass is 232 g/mol. The number of hydrogen-bond acceptors (Lipinski definition) is 7. The standard InChI is InChI=1S/C9H14O7/c1-3-6(10)7(11)5(16-3)2-4(8(12)13)9(14)15/h3-7,10-11H,2H2,1H3,(H,12,13)(H,14,15)/p-2/t3-,5+,6?,7-/m0/s1. The largest absolute Gasteiger partial charge is 0.549 e. The first kappa shape index (κ1) is 12.9. The lowest BCUT2D eigenvalue weighted by atomic mass is 9.97. The number of ether oxygens (including phenoxy) is 1. The van der Waals surface area contributed by atoms with Crippen LogP contribution in [0, 0.1) is 5.92 Å². The van der Waals surface area contributed by atoms with E-state index in [1.165, 1.54) is 6.92 Å². The van der Waals surface area contributed by atoms with Gasteiger partial charge in [0, 0.05) is 5.92 Å². The van der Waals surface area contributed by atoms with Crippen molar-refractivity contribution in [1.29, 1.82) is 0 Å². The maximum Gasteiger partial charge on any atom is 0.109 e. The van der Waals surface area contributed by atoms with Gasteiger partial charge in [-0.25, -0.2) is 0 Å². The molecule has 1 aliphatic heterocycles. The molecule has 1 rings (SSSR count). The molecule has 1 saturated heterocycles. The summed E-state index contributed by atoms with van der Waals surface area (Å²) in [5.74, 6) is -5.47. The fraction of sp³-hybridized carbons (Fsp3) is 0.778. The second kappa shape index (κ2) is 4.77. The molecular formula is C9H12O7-2. The highest BCUT2D eigenvalue weighted by Gasteiger charge is 2.41. The number of carboxylic acids is 2. The predicted octanol–water partition coefficient (Wildman–Crippen LogP) is -4.00. The van der Waals surface area contributed by atoms with Gasteiger partial charge >= 0.3 is 0 Å². The van der Waals surface area contributed by atoms with Gasteiger partial charge in [0.2, 0.25) is 0 Å². The Labute approximate surface area is 91.3 Å². The first-order valence-electron chi connectivity index (χ1n) is 4.78. The lowest BCUT2D eigenvalue weighted by molar-refractivity contribution is -0.332. The molecule has 0 aromatic heterocycles. The number of carbonyl (C=O) groups is 2. The van der Waals surface area contributed by atoms with Crippen molar-refractivity contribution in [2.24, 2.45) is 5.92 Å². The van der Waals surface area contributed by atoms with E-state index in [4.69, 9.17) is 4.74 Å². The van der Waals surface area contributed by atoms with Crippen molar-refractivity contribution in [1.82, 2.24) is 0 Å². The van der Waals surface area contributed by atoms with E-state index in [-0.39, 0.29) is 0 Å². The third-order valence-corrected chi connectivity index (χ3v) is 2.64. The van der Waals surface area contributed by atoms with Crippen molar-refractivity contribution >= 4 is 11.9 Å². The SMILES string of the molecule is C[C@@H]1O[C@H](CC(C(=O)[O-])C(=O)[O-])[C@H](O)C1O. The predicted molar refractivity (Wildman–Crippen MR) is 44.5 cm³/mol. The van der Waals surface area contributed by atoms with Crippen LogP contribution >= 0.6 is 0 Å².